The average Bonchev–Trinajstić information content (AvgIpc) is 2.75. The van der Waals surface area contributed by atoms with Gasteiger partial charge in [-0.05, 0) is 19.1 Å². The highest BCUT2D eigenvalue weighted by Gasteiger charge is 2.07. The number of hydrogen-bond donors (Lipinski definition) is 1. The van der Waals surface area contributed by atoms with Crippen LogP contribution in [-0.4, -0.2) is 4.98 Å². The van der Waals surface area contributed by atoms with Crippen molar-refractivity contribution in [3.05, 3.63) is 40.2 Å². The Morgan fingerprint density at radius 2 is 2.50 bits per heavy atom. The second-order valence-corrected chi connectivity index (χ2v) is 4.35. The van der Waals surface area contributed by atoms with Crippen LogP contribution in [0.3, 0.4) is 0 Å². The molecule has 1 atom stereocenters. The summed E-state index contributed by atoms with van der Waals surface area (Å²) >= 11 is 1.64. The van der Waals surface area contributed by atoms with Crippen LogP contribution in [0.2, 0.25) is 0 Å². The highest BCUT2D eigenvalue weighted by atomic mass is 32.1. The molecule has 2 aromatic rings. The molecule has 0 saturated heterocycles. The Kier molecular flexibility index (Phi) is 2.65. The first-order valence-electron chi connectivity index (χ1n) is 4.48. The van der Waals surface area contributed by atoms with Crippen molar-refractivity contribution in [2.75, 3.05) is 0 Å². The lowest BCUT2D eigenvalue weighted by Crippen LogP contribution is -2.01. The van der Waals surface area contributed by atoms with Gasteiger partial charge in [-0.2, -0.15) is 0 Å². The lowest BCUT2D eigenvalue weighted by atomic mass is 10.3. The van der Waals surface area contributed by atoms with E-state index in [9.17, 15) is 0 Å². The minimum atomic E-state index is 0.0675. The fraction of sp³-hybridized carbons (Fsp3) is 0.300. The van der Waals surface area contributed by atoms with Crippen molar-refractivity contribution in [3.8, 4) is 0 Å². The highest BCUT2D eigenvalue weighted by molar-refractivity contribution is 7.11. The van der Waals surface area contributed by atoms with E-state index in [-0.39, 0.29) is 6.04 Å². The fourth-order valence-corrected chi connectivity index (χ4v) is 2.06. The summed E-state index contributed by atoms with van der Waals surface area (Å²) < 4.78 is 5.24. The number of aromatic nitrogens is 1. The SMILES string of the molecule is CC(N)c1cnc(Cc2ccco2)s1. The lowest BCUT2D eigenvalue weighted by molar-refractivity contribution is 0.520. The Hall–Kier alpha value is -1.13. The Bertz CT molecular complexity index is 392. The molecule has 0 fully saturated rings. The van der Waals surface area contributed by atoms with Crippen molar-refractivity contribution in [2.24, 2.45) is 5.73 Å². The maximum absolute atomic E-state index is 5.75. The van der Waals surface area contributed by atoms with Gasteiger partial charge in [-0.25, -0.2) is 4.98 Å². The first-order valence-corrected chi connectivity index (χ1v) is 5.30. The first-order chi connectivity index (χ1) is 6.75. The number of furan rings is 1. The molecule has 0 aliphatic rings. The van der Waals surface area contributed by atoms with Crippen LogP contribution < -0.4 is 5.73 Å². The summed E-state index contributed by atoms with van der Waals surface area (Å²) in [5.41, 5.74) is 5.75. The van der Waals surface area contributed by atoms with Gasteiger partial charge in [0.1, 0.15) is 10.8 Å². The van der Waals surface area contributed by atoms with Gasteiger partial charge in [0.2, 0.25) is 0 Å². The number of thiazole rings is 1. The molecule has 0 radical (unpaired) electrons. The maximum atomic E-state index is 5.75. The molecule has 0 spiro atoms. The summed E-state index contributed by atoms with van der Waals surface area (Å²) in [5, 5.41) is 1.05. The molecule has 0 aliphatic heterocycles. The Labute approximate surface area is 86.6 Å². The van der Waals surface area contributed by atoms with E-state index >= 15 is 0 Å². The van der Waals surface area contributed by atoms with Crippen LogP contribution in [0.5, 0.6) is 0 Å². The van der Waals surface area contributed by atoms with E-state index in [4.69, 9.17) is 10.2 Å². The third-order valence-corrected chi connectivity index (χ3v) is 3.12. The number of rotatable bonds is 3. The van der Waals surface area contributed by atoms with Crippen LogP contribution in [0.1, 0.15) is 28.6 Å². The van der Waals surface area contributed by atoms with Gasteiger partial charge in [0, 0.05) is 17.1 Å². The summed E-state index contributed by atoms with van der Waals surface area (Å²) in [5.74, 6) is 0.940. The maximum Gasteiger partial charge on any atom is 0.110 e. The molecule has 1 unspecified atom stereocenters. The topological polar surface area (TPSA) is 52.0 Å². The molecule has 2 heterocycles. The molecule has 2 N–H and O–H groups in total. The van der Waals surface area contributed by atoms with E-state index in [1.807, 2.05) is 25.3 Å². The van der Waals surface area contributed by atoms with Gasteiger partial charge < -0.3 is 10.2 Å². The molecule has 0 bridgehead atoms. The molecule has 14 heavy (non-hydrogen) atoms. The third kappa shape index (κ3) is 2.02. The number of nitrogens with two attached hydrogens (primary N) is 1. The molecule has 0 amide bonds. The average molecular weight is 208 g/mol. The van der Waals surface area contributed by atoms with Crippen molar-refractivity contribution in [1.82, 2.24) is 4.98 Å². The van der Waals surface area contributed by atoms with Crippen LogP contribution in [0.4, 0.5) is 0 Å². The Morgan fingerprint density at radius 1 is 1.64 bits per heavy atom. The van der Waals surface area contributed by atoms with Crippen LogP contribution in [0, 0.1) is 0 Å². The summed E-state index contributed by atoms with van der Waals surface area (Å²) in [4.78, 5) is 5.41. The lowest BCUT2D eigenvalue weighted by Gasteiger charge is -1.96. The van der Waals surface area contributed by atoms with E-state index in [1.54, 1.807) is 17.6 Å². The molecule has 0 aromatic carbocycles. The monoisotopic (exact) mass is 208 g/mol. The predicted octanol–water partition coefficient (Wildman–Crippen LogP) is 2.35. The standard InChI is InChI=1S/C10H12N2OS/c1-7(11)9-6-12-10(14-9)5-8-3-2-4-13-8/h2-4,6-7H,5,11H2,1H3. The zero-order valence-corrected chi connectivity index (χ0v) is 8.75. The molecule has 0 saturated carbocycles. The molecular formula is C10H12N2OS. The molecule has 0 aliphatic carbocycles. The first kappa shape index (κ1) is 9.43. The molecule has 2 aromatic heterocycles. The normalized spacial score (nSPS) is 13.0. The fourth-order valence-electron chi connectivity index (χ4n) is 1.18. The Balaban J connectivity index is 2.11. The van der Waals surface area contributed by atoms with Gasteiger partial charge in [-0.3, -0.25) is 0 Å². The molecule has 2 rings (SSSR count). The molecular weight excluding hydrogens is 196 g/mol. The summed E-state index contributed by atoms with van der Waals surface area (Å²) in [6.45, 7) is 1.96. The second kappa shape index (κ2) is 3.94. The number of hydrogen-bond acceptors (Lipinski definition) is 4. The van der Waals surface area contributed by atoms with Crippen molar-refractivity contribution in [1.29, 1.82) is 0 Å². The molecule has 4 heteroatoms. The van der Waals surface area contributed by atoms with Crippen molar-refractivity contribution in [2.45, 2.75) is 19.4 Å². The van der Waals surface area contributed by atoms with Crippen LogP contribution in [0.15, 0.2) is 29.0 Å². The zero-order chi connectivity index (χ0) is 9.97. The largest absolute Gasteiger partial charge is 0.469 e. The zero-order valence-electron chi connectivity index (χ0n) is 7.93. The van der Waals surface area contributed by atoms with Crippen LogP contribution in [-0.2, 0) is 6.42 Å². The molecule has 3 nitrogen and oxygen atoms in total. The van der Waals surface area contributed by atoms with E-state index in [2.05, 4.69) is 4.98 Å². The summed E-state index contributed by atoms with van der Waals surface area (Å²) in [6.07, 6.45) is 4.27. The Morgan fingerprint density at radius 3 is 3.07 bits per heavy atom. The van der Waals surface area contributed by atoms with E-state index in [0.29, 0.717) is 0 Å². The van der Waals surface area contributed by atoms with E-state index in [1.165, 1.54) is 0 Å². The minimum absolute atomic E-state index is 0.0675. The van der Waals surface area contributed by atoms with Crippen LogP contribution in [0.25, 0.3) is 0 Å². The summed E-state index contributed by atoms with van der Waals surface area (Å²) in [6, 6.07) is 3.90. The van der Waals surface area contributed by atoms with Crippen LogP contribution >= 0.6 is 11.3 Å². The van der Waals surface area contributed by atoms with Gasteiger partial charge in [0.15, 0.2) is 0 Å². The van der Waals surface area contributed by atoms with E-state index in [0.717, 1.165) is 22.1 Å². The second-order valence-electron chi connectivity index (χ2n) is 3.20. The molecule has 74 valence electrons. The van der Waals surface area contributed by atoms with Gasteiger partial charge in [-0.1, -0.05) is 0 Å². The minimum Gasteiger partial charge on any atom is -0.469 e. The van der Waals surface area contributed by atoms with Crippen molar-refractivity contribution >= 4 is 11.3 Å². The predicted molar refractivity (Wildman–Crippen MR) is 56.2 cm³/mol. The summed E-state index contributed by atoms with van der Waals surface area (Å²) in [7, 11) is 0. The van der Waals surface area contributed by atoms with Crippen molar-refractivity contribution in [3.63, 3.8) is 0 Å². The number of nitrogens with zero attached hydrogens (tertiary/aromatic N) is 1. The van der Waals surface area contributed by atoms with Gasteiger partial charge in [0.05, 0.1) is 12.7 Å². The quantitative estimate of drug-likeness (QED) is 0.842. The third-order valence-electron chi connectivity index (χ3n) is 1.93. The van der Waals surface area contributed by atoms with E-state index < -0.39 is 0 Å². The highest BCUT2D eigenvalue weighted by Crippen LogP contribution is 2.21. The van der Waals surface area contributed by atoms with Crippen molar-refractivity contribution < 1.29 is 4.42 Å². The van der Waals surface area contributed by atoms with Gasteiger partial charge in [0.25, 0.3) is 0 Å². The smallest absolute Gasteiger partial charge is 0.110 e. The van der Waals surface area contributed by atoms with Gasteiger partial charge >= 0.3 is 0 Å². The van der Waals surface area contributed by atoms with Gasteiger partial charge in [-0.15, -0.1) is 11.3 Å².